The number of carbonyl (C=O) groups is 3. The summed E-state index contributed by atoms with van der Waals surface area (Å²) in [6, 6.07) is 3.39. The normalized spacial score (nSPS) is 22.1. The number of phenols is 1. The maximum Gasteiger partial charge on any atom is 0.336 e. The average Bonchev–Trinajstić information content (AvgIpc) is 2.80. The molecular weight excluding hydrogens is 494 g/mol. The molecule has 3 aliphatic rings. The highest BCUT2D eigenvalue weighted by Crippen LogP contribution is 2.64. The number of nitrogens with zero attached hydrogens (tertiary/aromatic N) is 1. The highest BCUT2D eigenvalue weighted by Gasteiger charge is 2.59. The van der Waals surface area contributed by atoms with Crippen molar-refractivity contribution in [3.8, 4) is 11.5 Å². The summed E-state index contributed by atoms with van der Waals surface area (Å²) in [4.78, 5) is 50.7. The molecule has 2 N–H and O–H groups in total. The molecule has 3 saturated carbocycles. The van der Waals surface area contributed by atoms with Gasteiger partial charge in [0.25, 0.3) is 5.09 Å². The van der Waals surface area contributed by atoms with Crippen LogP contribution in [-0.4, -0.2) is 39.6 Å². The van der Waals surface area contributed by atoms with Gasteiger partial charge in [0.15, 0.2) is 0 Å². The summed E-state index contributed by atoms with van der Waals surface area (Å²) in [5.41, 5.74) is 0.527. The molecule has 208 valence electrons. The van der Waals surface area contributed by atoms with Crippen LogP contribution in [0.3, 0.4) is 0 Å². The SMILES string of the molecule is CC(C)(CCCCCCO[N+](=O)[O-])c1cc(O)c([C@H]2CC(=O)[C@H]3C[C@@H]2C3(C)C)c(OC(=O)C=CC(=O)O)c1. The van der Waals surface area contributed by atoms with Gasteiger partial charge in [-0.15, -0.1) is 10.1 Å². The fourth-order valence-electron chi connectivity index (χ4n) is 6.04. The molecule has 10 heteroatoms. The van der Waals surface area contributed by atoms with Crippen LogP contribution in [0.15, 0.2) is 24.3 Å². The van der Waals surface area contributed by atoms with Gasteiger partial charge < -0.3 is 19.8 Å². The zero-order chi connectivity index (χ0) is 28.3. The maximum absolute atomic E-state index is 12.8. The molecule has 0 unspecified atom stereocenters. The quantitative estimate of drug-likeness (QED) is 0.0884. The van der Waals surface area contributed by atoms with Crippen molar-refractivity contribution in [1.29, 1.82) is 0 Å². The molecule has 0 radical (unpaired) electrons. The summed E-state index contributed by atoms with van der Waals surface area (Å²) >= 11 is 0. The number of ketones is 1. The van der Waals surface area contributed by atoms with Crippen LogP contribution in [-0.2, 0) is 24.6 Å². The Bertz CT molecular complexity index is 1120. The number of benzene rings is 1. The number of unbranched alkanes of at least 4 members (excludes halogenated alkanes) is 3. The molecule has 1 aromatic rings. The third-order valence-corrected chi connectivity index (χ3v) is 8.38. The van der Waals surface area contributed by atoms with Crippen LogP contribution in [0.25, 0.3) is 0 Å². The highest BCUT2D eigenvalue weighted by atomic mass is 16.9. The number of fused-ring (bicyclic) bond motifs is 2. The Balaban J connectivity index is 1.84. The van der Waals surface area contributed by atoms with Crippen molar-refractivity contribution in [3.63, 3.8) is 0 Å². The van der Waals surface area contributed by atoms with Gasteiger partial charge in [0.05, 0.1) is 6.61 Å². The Hall–Kier alpha value is -3.43. The largest absolute Gasteiger partial charge is 0.508 e. The van der Waals surface area contributed by atoms with Crippen LogP contribution in [0, 0.1) is 27.4 Å². The maximum atomic E-state index is 12.8. The molecular formula is C28H37NO9. The van der Waals surface area contributed by atoms with Gasteiger partial charge in [-0.25, -0.2) is 9.59 Å². The lowest BCUT2D eigenvalue weighted by atomic mass is 9.44. The third kappa shape index (κ3) is 6.52. The van der Waals surface area contributed by atoms with Gasteiger partial charge in [0.2, 0.25) is 0 Å². The van der Waals surface area contributed by atoms with Crippen molar-refractivity contribution in [1.82, 2.24) is 0 Å². The van der Waals surface area contributed by atoms with Crippen molar-refractivity contribution in [2.24, 2.45) is 17.3 Å². The van der Waals surface area contributed by atoms with Crippen LogP contribution in [0.1, 0.15) is 89.7 Å². The fraction of sp³-hybridized carbons (Fsp3) is 0.607. The van der Waals surface area contributed by atoms with E-state index < -0.39 is 22.4 Å². The minimum Gasteiger partial charge on any atom is -0.508 e. The summed E-state index contributed by atoms with van der Waals surface area (Å²) in [6.45, 7) is 8.19. The topological polar surface area (TPSA) is 153 Å². The van der Waals surface area contributed by atoms with Crippen LogP contribution in [0.4, 0.5) is 0 Å². The van der Waals surface area contributed by atoms with Crippen molar-refractivity contribution < 1.29 is 39.3 Å². The first-order valence-electron chi connectivity index (χ1n) is 13.0. The van der Waals surface area contributed by atoms with E-state index in [1.54, 1.807) is 12.1 Å². The number of carbonyl (C=O) groups excluding carboxylic acids is 2. The van der Waals surface area contributed by atoms with Crippen LogP contribution >= 0.6 is 0 Å². The van der Waals surface area contributed by atoms with E-state index in [1.807, 2.05) is 13.8 Å². The second kappa shape index (κ2) is 11.5. The molecule has 3 fully saturated rings. The lowest BCUT2D eigenvalue weighted by Gasteiger charge is -2.59. The molecule has 3 atom stereocenters. The third-order valence-electron chi connectivity index (χ3n) is 8.38. The second-order valence-corrected chi connectivity index (χ2v) is 11.6. The Labute approximate surface area is 222 Å². The zero-order valence-corrected chi connectivity index (χ0v) is 22.4. The molecule has 0 spiro atoms. The van der Waals surface area contributed by atoms with Gasteiger partial charge >= 0.3 is 11.9 Å². The number of ether oxygens (including phenoxy) is 1. The summed E-state index contributed by atoms with van der Waals surface area (Å²) in [5.74, 6) is -2.11. The molecule has 0 amide bonds. The van der Waals surface area contributed by atoms with Crippen LogP contribution < -0.4 is 4.74 Å². The lowest BCUT2D eigenvalue weighted by molar-refractivity contribution is -0.757. The van der Waals surface area contributed by atoms with Crippen LogP contribution in [0.5, 0.6) is 11.5 Å². The molecule has 38 heavy (non-hydrogen) atoms. The summed E-state index contributed by atoms with van der Waals surface area (Å²) < 4.78 is 5.59. The number of aliphatic carboxylic acids is 1. The molecule has 0 aliphatic heterocycles. The van der Waals surface area contributed by atoms with Gasteiger partial charge in [-0.3, -0.25) is 4.79 Å². The fourth-order valence-corrected chi connectivity index (χ4v) is 6.04. The smallest absolute Gasteiger partial charge is 0.336 e. The Morgan fingerprint density at radius 1 is 1.18 bits per heavy atom. The number of rotatable bonds is 13. The molecule has 0 aromatic heterocycles. The first-order valence-corrected chi connectivity index (χ1v) is 13.0. The minimum absolute atomic E-state index is 0.000268. The average molecular weight is 532 g/mol. The van der Waals surface area contributed by atoms with Gasteiger partial charge in [-0.05, 0) is 53.7 Å². The van der Waals surface area contributed by atoms with E-state index in [0.717, 1.165) is 43.7 Å². The van der Waals surface area contributed by atoms with E-state index in [0.29, 0.717) is 18.1 Å². The number of esters is 1. The number of Topliss-reactive ketones (excluding diaryl/α,β-unsaturated/α-hetero) is 1. The van der Waals surface area contributed by atoms with E-state index >= 15 is 0 Å². The summed E-state index contributed by atoms with van der Waals surface area (Å²) in [6.07, 6.45) is 6.27. The zero-order valence-electron chi connectivity index (χ0n) is 22.4. The first-order chi connectivity index (χ1) is 17.7. The van der Waals surface area contributed by atoms with Gasteiger partial charge in [0, 0.05) is 36.0 Å². The Morgan fingerprint density at radius 2 is 1.87 bits per heavy atom. The minimum atomic E-state index is -1.29. The monoisotopic (exact) mass is 531 g/mol. The molecule has 2 bridgehead atoms. The molecule has 0 heterocycles. The number of aromatic hydroxyl groups is 1. The Kier molecular flexibility index (Phi) is 8.84. The standard InChI is InChI=1S/C28H37NO9/c1-27(2,11-7-5-6-8-12-37-29(35)36)17-13-22(31)26(23(14-17)38-25(34)10-9-24(32)33)18-15-21(30)20-16-19(18)28(20,3)4/h9-10,13-14,18-20,31H,5-8,11-12,15-16H2,1-4H3,(H,32,33)/t18-,19-,20+/m0/s1. The lowest BCUT2D eigenvalue weighted by Crippen LogP contribution is -2.56. The molecule has 10 nitrogen and oxygen atoms in total. The van der Waals surface area contributed by atoms with Gasteiger partial charge in [-0.1, -0.05) is 47.0 Å². The van der Waals surface area contributed by atoms with E-state index in [-0.39, 0.29) is 53.5 Å². The van der Waals surface area contributed by atoms with Gasteiger partial charge in [0.1, 0.15) is 17.3 Å². The van der Waals surface area contributed by atoms with Crippen molar-refractivity contribution in [2.75, 3.05) is 6.61 Å². The predicted octanol–water partition coefficient (Wildman–Crippen LogP) is 5.09. The van der Waals surface area contributed by atoms with E-state index in [4.69, 9.17) is 9.84 Å². The number of phenolic OH excluding ortho intramolecular Hbond substituents is 1. The number of carboxylic acid groups (broad SMARTS) is 1. The molecule has 4 rings (SSSR count). The summed E-state index contributed by atoms with van der Waals surface area (Å²) in [5, 5.41) is 29.6. The second-order valence-electron chi connectivity index (χ2n) is 11.6. The number of hydrogen-bond donors (Lipinski definition) is 2. The van der Waals surface area contributed by atoms with Crippen molar-refractivity contribution in [2.45, 2.75) is 84.0 Å². The molecule has 0 saturated heterocycles. The molecule has 1 aromatic carbocycles. The first kappa shape index (κ1) is 29.1. The van der Waals surface area contributed by atoms with Crippen LogP contribution in [0.2, 0.25) is 0 Å². The predicted molar refractivity (Wildman–Crippen MR) is 137 cm³/mol. The number of hydrogen-bond acceptors (Lipinski definition) is 8. The van der Waals surface area contributed by atoms with Gasteiger partial charge in [-0.2, -0.15) is 0 Å². The van der Waals surface area contributed by atoms with Crippen molar-refractivity contribution >= 4 is 17.7 Å². The number of carboxylic acids is 1. The highest BCUT2D eigenvalue weighted by molar-refractivity contribution is 5.92. The van der Waals surface area contributed by atoms with E-state index in [9.17, 15) is 29.6 Å². The van der Waals surface area contributed by atoms with E-state index in [1.165, 1.54) is 0 Å². The van der Waals surface area contributed by atoms with E-state index in [2.05, 4.69) is 18.7 Å². The molecule has 3 aliphatic carbocycles. The Morgan fingerprint density at radius 3 is 2.47 bits per heavy atom. The summed E-state index contributed by atoms with van der Waals surface area (Å²) in [7, 11) is 0. The van der Waals surface area contributed by atoms with Crippen molar-refractivity contribution in [3.05, 3.63) is 45.5 Å².